The molecule has 8 heteroatoms. The van der Waals surface area contributed by atoms with E-state index in [9.17, 15) is 19.7 Å². The quantitative estimate of drug-likeness (QED) is 0.548. The van der Waals surface area contributed by atoms with Crippen molar-refractivity contribution in [3.05, 3.63) is 93.8 Å². The number of nitrogens with one attached hydrogen (secondary N) is 2. The first-order chi connectivity index (χ1) is 13.0. The zero-order valence-electron chi connectivity index (χ0n) is 14.4. The highest BCUT2D eigenvalue weighted by atomic mass is 16.6. The summed E-state index contributed by atoms with van der Waals surface area (Å²) in [4.78, 5) is 35.3. The summed E-state index contributed by atoms with van der Waals surface area (Å²) in [7, 11) is 0. The molecule has 1 heterocycles. The lowest BCUT2D eigenvalue weighted by molar-refractivity contribution is -0.385. The van der Waals surface area contributed by atoms with E-state index in [0.29, 0.717) is 11.3 Å². The van der Waals surface area contributed by atoms with Crippen molar-refractivity contribution < 1.29 is 14.5 Å². The van der Waals surface area contributed by atoms with E-state index in [1.807, 2.05) is 12.1 Å². The molecule has 8 nitrogen and oxygen atoms in total. The van der Waals surface area contributed by atoms with Gasteiger partial charge in [-0.2, -0.15) is 0 Å². The smallest absolute Gasteiger partial charge is 0.273 e. The van der Waals surface area contributed by atoms with Crippen LogP contribution < -0.4 is 10.9 Å². The van der Waals surface area contributed by atoms with E-state index in [-0.39, 0.29) is 16.8 Å². The van der Waals surface area contributed by atoms with Crippen LogP contribution in [0.3, 0.4) is 0 Å². The van der Waals surface area contributed by atoms with Crippen molar-refractivity contribution in [2.24, 2.45) is 0 Å². The Kier molecular flexibility index (Phi) is 4.98. The van der Waals surface area contributed by atoms with Gasteiger partial charge < -0.3 is 4.57 Å². The molecule has 27 heavy (non-hydrogen) atoms. The molecule has 0 saturated carbocycles. The van der Waals surface area contributed by atoms with Crippen LogP contribution in [-0.2, 0) is 0 Å². The largest absolute Gasteiger partial charge is 0.323 e. The van der Waals surface area contributed by atoms with Gasteiger partial charge in [0.1, 0.15) is 0 Å². The average Bonchev–Trinajstić information content (AvgIpc) is 3.20. The van der Waals surface area contributed by atoms with E-state index >= 15 is 0 Å². The van der Waals surface area contributed by atoms with Crippen molar-refractivity contribution in [3.63, 3.8) is 0 Å². The number of carbonyl (C=O) groups excluding carboxylic acids is 2. The van der Waals surface area contributed by atoms with Gasteiger partial charge in [0.15, 0.2) is 0 Å². The molecule has 0 atom stereocenters. The molecule has 0 aliphatic heterocycles. The van der Waals surface area contributed by atoms with Gasteiger partial charge in [-0.15, -0.1) is 0 Å². The molecule has 2 amide bonds. The highest BCUT2D eigenvalue weighted by Gasteiger charge is 2.19. The molecule has 0 saturated heterocycles. The van der Waals surface area contributed by atoms with Crippen molar-refractivity contribution in [2.45, 2.75) is 6.92 Å². The lowest BCUT2D eigenvalue weighted by atomic mass is 10.1. The second kappa shape index (κ2) is 7.52. The van der Waals surface area contributed by atoms with Gasteiger partial charge >= 0.3 is 0 Å². The van der Waals surface area contributed by atoms with Crippen molar-refractivity contribution in [1.29, 1.82) is 0 Å². The topological polar surface area (TPSA) is 106 Å². The molecule has 0 fully saturated rings. The number of para-hydroxylation sites is 1. The van der Waals surface area contributed by atoms with Gasteiger partial charge in [0.2, 0.25) is 0 Å². The van der Waals surface area contributed by atoms with E-state index < -0.39 is 16.7 Å². The number of hydrogen-bond acceptors (Lipinski definition) is 4. The monoisotopic (exact) mass is 364 g/mol. The fraction of sp³-hybridized carbons (Fsp3) is 0.0526. The number of aromatic nitrogens is 1. The number of nitro groups is 1. The zero-order chi connectivity index (χ0) is 19.4. The molecular weight excluding hydrogens is 348 g/mol. The van der Waals surface area contributed by atoms with Crippen LogP contribution in [-0.4, -0.2) is 21.3 Å². The molecule has 0 unspecified atom stereocenters. The van der Waals surface area contributed by atoms with E-state index in [4.69, 9.17) is 0 Å². The summed E-state index contributed by atoms with van der Waals surface area (Å²) in [6, 6.07) is 14.8. The minimum Gasteiger partial charge on any atom is -0.323 e. The Morgan fingerprint density at radius 1 is 0.889 bits per heavy atom. The Morgan fingerprint density at radius 3 is 2.15 bits per heavy atom. The maximum Gasteiger partial charge on any atom is 0.273 e. The Bertz CT molecular complexity index is 1010. The average molecular weight is 364 g/mol. The number of benzene rings is 2. The van der Waals surface area contributed by atoms with Crippen LogP contribution in [0.2, 0.25) is 0 Å². The van der Waals surface area contributed by atoms with Gasteiger partial charge in [0.05, 0.1) is 21.7 Å². The number of carbonyl (C=O) groups is 2. The zero-order valence-corrected chi connectivity index (χ0v) is 14.4. The number of nitrogens with zero attached hydrogens (tertiary/aromatic N) is 2. The van der Waals surface area contributed by atoms with Crippen molar-refractivity contribution in [3.8, 4) is 5.69 Å². The fourth-order valence-electron chi connectivity index (χ4n) is 2.70. The first-order valence-corrected chi connectivity index (χ1v) is 8.06. The standard InChI is InChI=1S/C19H16N4O4/c1-13-14(8-6-10-16(13)23(26)27)18(24)20-21-19(25)15-7-2-3-9-17(15)22-11-4-5-12-22/h2-12H,1H3,(H,20,24)(H,21,25). The number of nitro benzene ring substituents is 1. The van der Waals surface area contributed by atoms with Crippen LogP contribution in [0.25, 0.3) is 5.69 Å². The summed E-state index contributed by atoms with van der Waals surface area (Å²) in [5.74, 6) is -1.14. The van der Waals surface area contributed by atoms with Gasteiger partial charge in [-0.05, 0) is 37.3 Å². The highest BCUT2D eigenvalue weighted by molar-refractivity contribution is 6.01. The minimum atomic E-state index is -0.636. The van der Waals surface area contributed by atoms with Crippen LogP contribution in [0.5, 0.6) is 0 Å². The predicted molar refractivity (Wildman–Crippen MR) is 98.5 cm³/mol. The molecule has 0 aliphatic rings. The summed E-state index contributed by atoms with van der Waals surface area (Å²) >= 11 is 0. The van der Waals surface area contributed by atoms with Crippen LogP contribution in [0.4, 0.5) is 5.69 Å². The van der Waals surface area contributed by atoms with Crippen LogP contribution >= 0.6 is 0 Å². The first-order valence-electron chi connectivity index (χ1n) is 8.06. The number of hydrogen-bond donors (Lipinski definition) is 2. The maximum atomic E-state index is 12.5. The van der Waals surface area contributed by atoms with Gasteiger partial charge in [-0.1, -0.05) is 18.2 Å². The van der Waals surface area contributed by atoms with E-state index in [2.05, 4.69) is 10.9 Å². The molecule has 0 radical (unpaired) electrons. The Labute approximate surface area is 154 Å². The summed E-state index contributed by atoms with van der Waals surface area (Å²) in [5.41, 5.74) is 5.86. The molecule has 3 aromatic rings. The van der Waals surface area contributed by atoms with E-state index in [1.165, 1.54) is 25.1 Å². The van der Waals surface area contributed by atoms with E-state index in [1.54, 1.807) is 41.2 Å². The Hall–Kier alpha value is -3.94. The normalized spacial score (nSPS) is 10.3. The molecule has 0 aliphatic carbocycles. The molecule has 136 valence electrons. The number of amides is 2. The lowest BCUT2D eigenvalue weighted by Crippen LogP contribution is -2.42. The number of hydrazine groups is 1. The third kappa shape index (κ3) is 3.69. The van der Waals surface area contributed by atoms with Crippen LogP contribution in [0.1, 0.15) is 26.3 Å². The molecule has 2 N–H and O–H groups in total. The van der Waals surface area contributed by atoms with E-state index in [0.717, 1.165) is 0 Å². The summed E-state index contributed by atoms with van der Waals surface area (Å²) in [6.45, 7) is 1.48. The maximum absolute atomic E-state index is 12.5. The van der Waals surface area contributed by atoms with Gasteiger partial charge in [0, 0.05) is 24.0 Å². The first kappa shape index (κ1) is 17.9. The second-order valence-corrected chi connectivity index (χ2v) is 5.72. The molecule has 2 aromatic carbocycles. The molecular formula is C19H16N4O4. The lowest BCUT2D eigenvalue weighted by Gasteiger charge is -2.12. The molecule has 1 aromatic heterocycles. The van der Waals surface area contributed by atoms with Crippen LogP contribution in [0, 0.1) is 17.0 Å². The molecule has 0 spiro atoms. The van der Waals surface area contributed by atoms with Gasteiger partial charge in [0.25, 0.3) is 17.5 Å². The fourth-order valence-corrected chi connectivity index (χ4v) is 2.70. The summed E-state index contributed by atoms with van der Waals surface area (Å²) in [5, 5.41) is 11.0. The third-order valence-corrected chi connectivity index (χ3v) is 4.07. The Morgan fingerprint density at radius 2 is 1.48 bits per heavy atom. The Balaban J connectivity index is 1.77. The number of rotatable bonds is 4. The van der Waals surface area contributed by atoms with Crippen molar-refractivity contribution in [2.75, 3.05) is 0 Å². The third-order valence-electron chi connectivity index (χ3n) is 4.07. The minimum absolute atomic E-state index is 0.114. The van der Waals surface area contributed by atoms with Gasteiger partial charge in [-0.25, -0.2) is 0 Å². The summed E-state index contributed by atoms with van der Waals surface area (Å²) < 4.78 is 1.78. The van der Waals surface area contributed by atoms with Gasteiger partial charge in [-0.3, -0.25) is 30.6 Å². The van der Waals surface area contributed by atoms with Crippen LogP contribution in [0.15, 0.2) is 67.0 Å². The molecule has 0 bridgehead atoms. The molecule has 3 rings (SSSR count). The highest BCUT2D eigenvalue weighted by Crippen LogP contribution is 2.21. The second-order valence-electron chi connectivity index (χ2n) is 5.72. The van der Waals surface area contributed by atoms with Crippen molar-refractivity contribution >= 4 is 17.5 Å². The SMILES string of the molecule is Cc1c(C(=O)NNC(=O)c2ccccc2-n2cccc2)cccc1[N+](=O)[O-]. The summed E-state index contributed by atoms with van der Waals surface area (Å²) in [6.07, 6.45) is 3.61. The van der Waals surface area contributed by atoms with Crippen molar-refractivity contribution in [1.82, 2.24) is 15.4 Å². The predicted octanol–water partition coefficient (Wildman–Crippen LogP) is 2.77.